The first-order valence-electron chi connectivity index (χ1n) is 7.44. The van der Waals surface area contributed by atoms with Gasteiger partial charge in [-0.3, -0.25) is 4.90 Å². The first-order chi connectivity index (χ1) is 9.61. The Kier molecular flexibility index (Phi) is 6.06. The molecular formula is C16H25ClN2S. The van der Waals surface area contributed by atoms with Gasteiger partial charge in [0.15, 0.2) is 0 Å². The lowest BCUT2D eigenvalue weighted by Crippen LogP contribution is -2.48. The summed E-state index contributed by atoms with van der Waals surface area (Å²) < 4.78 is 0. The van der Waals surface area contributed by atoms with Crippen molar-refractivity contribution in [2.24, 2.45) is 11.8 Å². The zero-order chi connectivity index (χ0) is 14.5. The summed E-state index contributed by atoms with van der Waals surface area (Å²) in [6, 6.07) is 8.13. The largest absolute Gasteiger partial charge is 0.368 e. The van der Waals surface area contributed by atoms with Crippen LogP contribution in [0.2, 0.25) is 5.02 Å². The van der Waals surface area contributed by atoms with E-state index in [9.17, 15) is 0 Å². The number of anilines is 1. The molecule has 1 aliphatic rings. The van der Waals surface area contributed by atoms with Crippen LogP contribution in [0.4, 0.5) is 5.69 Å². The van der Waals surface area contributed by atoms with Crippen molar-refractivity contribution in [3.8, 4) is 0 Å². The van der Waals surface area contributed by atoms with Crippen molar-refractivity contribution in [3.05, 3.63) is 29.3 Å². The van der Waals surface area contributed by atoms with Gasteiger partial charge in [0.2, 0.25) is 0 Å². The fraction of sp³-hybridized carbons (Fsp3) is 0.625. The van der Waals surface area contributed by atoms with E-state index in [2.05, 4.69) is 48.4 Å². The molecule has 1 atom stereocenters. The predicted octanol–water partition coefficient (Wildman–Crippen LogP) is 3.66. The molecule has 1 saturated heterocycles. The summed E-state index contributed by atoms with van der Waals surface area (Å²) in [7, 11) is 0. The number of halogens is 1. The average Bonchev–Trinajstić information content (AvgIpc) is 2.46. The van der Waals surface area contributed by atoms with Gasteiger partial charge < -0.3 is 4.90 Å². The van der Waals surface area contributed by atoms with E-state index < -0.39 is 0 Å². The van der Waals surface area contributed by atoms with Crippen LogP contribution < -0.4 is 4.90 Å². The first-order valence-corrected chi connectivity index (χ1v) is 8.45. The molecule has 0 N–H and O–H groups in total. The Labute approximate surface area is 133 Å². The molecule has 1 aromatic rings. The van der Waals surface area contributed by atoms with Gasteiger partial charge >= 0.3 is 0 Å². The molecule has 0 bridgehead atoms. The molecule has 1 unspecified atom stereocenters. The van der Waals surface area contributed by atoms with Gasteiger partial charge in [-0.25, -0.2) is 0 Å². The van der Waals surface area contributed by atoms with Crippen molar-refractivity contribution >= 4 is 29.9 Å². The van der Waals surface area contributed by atoms with E-state index >= 15 is 0 Å². The molecule has 0 aromatic heterocycles. The van der Waals surface area contributed by atoms with E-state index in [0.717, 1.165) is 43.5 Å². The lowest BCUT2D eigenvalue weighted by Gasteiger charge is -2.38. The molecule has 1 aliphatic heterocycles. The second-order valence-electron chi connectivity index (χ2n) is 5.93. The number of hydrogen-bond acceptors (Lipinski definition) is 3. The molecule has 0 spiro atoms. The summed E-state index contributed by atoms with van der Waals surface area (Å²) in [5.74, 6) is 2.36. The SMILES string of the molecule is CC(C)C(CS)CN1CCN(c2ccccc2Cl)CC1. The van der Waals surface area contributed by atoms with Gasteiger partial charge in [-0.1, -0.05) is 37.6 Å². The topological polar surface area (TPSA) is 6.48 Å². The highest BCUT2D eigenvalue weighted by Crippen LogP contribution is 2.26. The van der Waals surface area contributed by atoms with E-state index in [-0.39, 0.29) is 0 Å². The minimum absolute atomic E-state index is 0.685. The average molecular weight is 313 g/mol. The lowest BCUT2D eigenvalue weighted by atomic mass is 9.97. The normalized spacial score (nSPS) is 18.6. The molecule has 1 aromatic carbocycles. The quantitative estimate of drug-likeness (QED) is 0.829. The molecule has 2 nitrogen and oxygen atoms in total. The molecule has 4 heteroatoms. The molecule has 1 heterocycles. The van der Waals surface area contributed by atoms with Gasteiger partial charge in [-0.05, 0) is 29.7 Å². The summed E-state index contributed by atoms with van der Waals surface area (Å²) in [5.41, 5.74) is 1.17. The van der Waals surface area contributed by atoms with E-state index in [4.69, 9.17) is 11.6 Å². The number of hydrogen-bond donors (Lipinski definition) is 1. The summed E-state index contributed by atoms with van der Waals surface area (Å²) in [4.78, 5) is 4.96. The maximum absolute atomic E-state index is 6.28. The van der Waals surface area contributed by atoms with Crippen LogP contribution in [-0.2, 0) is 0 Å². The Bertz CT molecular complexity index is 417. The van der Waals surface area contributed by atoms with Gasteiger partial charge in [-0.2, -0.15) is 12.6 Å². The molecule has 1 fully saturated rings. The van der Waals surface area contributed by atoms with Gasteiger partial charge in [0.25, 0.3) is 0 Å². The standard InChI is InChI=1S/C16H25ClN2S/c1-13(2)14(12-20)11-18-7-9-19(10-8-18)16-6-4-3-5-15(16)17/h3-6,13-14,20H,7-12H2,1-2H3. The molecule has 112 valence electrons. The zero-order valence-electron chi connectivity index (χ0n) is 12.4. The number of benzene rings is 1. The maximum Gasteiger partial charge on any atom is 0.0639 e. The summed E-state index contributed by atoms with van der Waals surface area (Å²) in [6.45, 7) is 10.1. The van der Waals surface area contributed by atoms with Crippen LogP contribution in [0, 0.1) is 11.8 Å². The smallest absolute Gasteiger partial charge is 0.0639 e. The summed E-state index contributed by atoms with van der Waals surface area (Å²) in [6.07, 6.45) is 0. The fourth-order valence-electron chi connectivity index (χ4n) is 2.69. The van der Waals surface area contributed by atoms with Crippen LogP contribution >= 0.6 is 24.2 Å². The number of para-hydroxylation sites is 1. The third-order valence-corrected chi connectivity index (χ3v) is 5.02. The number of nitrogens with zero attached hydrogens (tertiary/aromatic N) is 2. The van der Waals surface area contributed by atoms with Crippen LogP contribution in [-0.4, -0.2) is 43.4 Å². The third kappa shape index (κ3) is 4.06. The van der Waals surface area contributed by atoms with Crippen LogP contribution in [0.3, 0.4) is 0 Å². The van der Waals surface area contributed by atoms with Crippen LogP contribution in [0.1, 0.15) is 13.8 Å². The van der Waals surface area contributed by atoms with E-state index in [1.54, 1.807) is 0 Å². The van der Waals surface area contributed by atoms with Gasteiger partial charge in [0, 0.05) is 32.7 Å². The molecule has 2 rings (SSSR count). The fourth-order valence-corrected chi connectivity index (χ4v) is 3.48. The van der Waals surface area contributed by atoms with Crippen molar-refractivity contribution in [1.29, 1.82) is 0 Å². The van der Waals surface area contributed by atoms with Gasteiger partial charge in [0.05, 0.1) is 10.7 Å². The van der Waals surface area contributed by atoms with Crippen molar-refractivity contribution < 1.29 is 0 Å². The Morgan fingerprint density at radius 2 is 1.80 bits per heavy atom. The van der Waals surface area contributed by atoms with Crippen LogP contribution in [0.5, 0.6) is 0 Å². The number of piperazine rings is 1. The zero-order valence-corrected chi connectivity index (χ0v) is 14.1. The Morgan fingerprint density at radius 1 is 1.15 bits per heavy atom. The molecule has 0 aliphatic carbocycles. The Morgan fingerprint density at radius 3 is 2.35 bits per heavy atom. The first kappa shape index (κ1) is 16.0. The molecule has 0 saturated carbocycles. The number of thiol groups is 1. The van der Waals surface area contributed by atoms with Crippen LogP contribution in [0.15, 0.2) is 24.3 Å². The van der Waals surface area contributed by atoms with Crippen molar-refractivity contribution in [2.75, 3.05) is 43.4 Å². The second kappa shape index (κ2) is 7.58. The molecule has 0 radical (unpaired) electrons. The number of rotatable bonds is 5. The minimum Gasteiger partial charge on any atom is -0.368 e. The Balaban J connectivity index is 1.88. The molecule has 20 heavy (non-hydrogen) atoms. The Hall–Kier alpha value is -0.380. The van der Waals surface area contributed by atoms with E-state index in [1.165, 1.54) is 5.69 Å². The van der Waals surface area contributed by atoms with Gasteiger partial charge in [-0.15, -0.1) is 0 Å². The summed E-state index contributed by atoms with van der Waals surface area (Å²) >= 11 is 10.8. The van der Waals surface area contributed by atoms with E-state index in [0.29, 0.717) is 11.8 Å². The highest BCUT2D eigenvalue weighted by molar-refractivity contribution is 7.80. The van der Waals surface area contributed by atoms with E-state index in [1.807, 2.05) is 12.1 Å². The monoisotopic (exact) mass is 312 g/mol. The van der Waals surface area contributed by atoms with Crippen molar-refractivity contribution in [1.82, 2.24) is 4.90 Å². The minimum atomic E-state index is 0.685. The third-order valence-electron chi connectivity index (χ3n) is 4.24. The molecular weight excluding hydrogens is 288 g/mol. The highest BCUT2D eigenvalue weighted by Gasteiger charge is 2.22. The maximum atomic E-state index is 6.28. The highest BCUT2D eigenvalue weighted by atomic mass is 35.5. The van der Waals surface area contributed by atoms with Crippen LogP contribution in [0.25, 0.3) is 0 Å². The lowest BCUT2D eigenvalue weighted by molar-refractivity contribution is 0.204. The molecule has 0 amide bonds. The van der Waals surface area contributed by atoms with Crippen molar-refractivity contribution in [3.63, 3.8) is 0 Å². The van der Waals surface area contributed by atoms with Crippen molar-refractivity contribution in [2.45, 2.75) is 13.8 Å². The second-order valence-corrected chi connectivity index (χ2v) is 6.70. The predicted molar refractivity (Wildman–Crippen MR) is 92.3 cm³/mol. The summed E-state index contributed by atoms with van der Waals surface area (Å²) in [5, 5.41) is 0.858. The van der Waals surface area contributed by atoms with Gasteiger partial charge in [0.1, 0.15) is 0 Å².